The lowest BCUT2D eigenvalue weighted by atomic mass is 9.64. The zero-order valence-corrected chi connectivity index (χ0v) is 13.5. The van der Waals surface area contributed by atoms with Crippen molar-refractivity contribution in [1.82, 2.24) is 0 Å². The van der Waals surface area contributed by atoms with Crippen molar-refractivity contribution >= 4 is 11.8 Å². The summed E-state index contributed by atoms with van der Waals surface area (Å²) in [6.07, 6.45) is 3.76. The van der Waals surface area contributed by atoms with E-state index in [2.05, 4.69) is 0 Å². The fourth-order valence-corrected chi connectivity index (χ4v) is 4.50. The van der Waals surface area contributed by atoms with Gasteiger partial charge in [0.05, 0.1) is 31.2 Å². The van der Waals surface area contributed by atoms with Crippen LogP contribution in [0.1, 0.15) is 26.7 Å². The van der Waals surface area contributed by atoms with Gasteiger partial charge in [-0.2, -0.15) is 0 Å². The smallest absolute Gasteiger partial charge is 0.312 e. The third-order valence-electron chi connectivity index (χ3n) is 6.07. The first-order chi connectivity index (χ1) is 10.9. The molecule has 1 saturated heterocycles. The van der Waals surface area contributed by atoms with Gasteiger partial charge in [-0.15, -0.1) is 0 Å². The maximum Gasteiger partial charge on any atom is 0.312 e. The van der Waals surface area contributed by atoms with Crippen molar-refractivity contribution in [2.45, 2.75) is 38.4 Å². The summed E-state index contributed by atoms with van der Waals surface area (Å²) < 4.78 is 10.9. The Morgan fingerprint density at radius 3 is 2.83 bits per heavy atom. The van der Waals surface area contributed by atoms with Crippen LogP contribution in [0.3, 0.4) is 0 Å². The molecule has 3 aliphatic rings. The minimum atomic E-state index is -1.29. The number of allylic oxidation sites excluding steroid dienone is 1. The summed E-state index contributed by atoms with van der Waals surface area (Å²) in [6, 6.07) is 0. The van der Waals surface area contributed by atoms with Crippen molar-refractivity contribution in [2.75, 3.05) is 19.8 Å². The van der Waals surface area contributed by atoms with Gasteiger partial charge < -0.3 is 19.7 Å². The van der Waals surface area contributed by atoms with Gasteiger partial charge in [0, 0.05) is 5.92 Å². The third-order valence-corrected chi connectivity index (χ3v) is 6.07. The molecule has 6 heteroatoms. The zero-order valence-electron chi connectivity index (χ0n) is 13.5. The molecule has 0 unspecified atom stereocenters. The van der Waals surface area contributed by atoms with Crippen LogP contribution in [0, 0.1) is 23.2 Å². The molecule has 1 aliphatic heterocycles. The molecular formula is C17H24O6. The molecule has 0 aromatic rings. The largest absolute Gasteiger partial charge is 0.461 e. The summed E-state index contributed by atoms with van der Waals surface area (Å²) >= 11 is 0. The Morgan fingerprint density at radius 2 is 2.13 bits per heavy atom. The zero-order chi connectivity index (χ0) is 16.8. The summed E-state index contributed by atoms with van der Waals surface area (Å²) in [7, 11) is 0. The maximum atomic E-state index is 12.5. The first-order valence-corrected chi connectivity index (χ1v) is 8.21. The molecule has 2 aliphatic carbocycles. The van der Waals surface area contributed by atoms with Gasteiger partial charge in [0.15, 0.2) is 5.78 Å². The van der Waals surface area contributed by atoms with Crippen LogP contribution < -0.4 is 0 Å². The van der Waals surface area contributed by atoms with Gasteiger partial charge in [-0.3, -0.25) is 9.59 Å². The third kappa shape index (κ3) is 2.19. The van der Waals surface area contributed by atoms with Crippen molar-refractivity contribution in [3.63, 3.8) is 0 Å². The minimum absolute atomic E-state index is 0.0986. The predicted molar refractivity (Wildman–Crippen MR) is 80.4 cm³/mol. The molecule has 0 spiro atoms. The summed E-state index contributed by atoms with van der Waals surface area (Å²) in [5.74, 6) is -1.28. The van der Waals surface area contributed by atoms with Crippen LogP contribution in [0.5, 0.6) is 0 Å². The average Bonchev–Trinajstić information content (AvgIpc) is 2.94. The Hall–Kier alpha value is -1.24. The van der Waals surface area contributed by atoms with Crippen LogP contribution in [0.25, 0.3) is 0 Å². The second kappa shape index (κ2) is 5.69. The fourth-order valence-electron chi connectivity index (χ4n) is 4.50. The lowest BCUT2D eigenvalue weighted by molar-refractivity contribution is -0.166. The number of carbonyl (C=O) groups is 2. The van der Waals surface area contributed by atoms with Gasteiger partial charge in [-0.05, 0) is 37.8 Å². The van der Waals surface area contributed by atoms with Crippen LogP contribution >= 0.6 is 0 Å². The van der Waals surface area contributed by atoms with Crippen LogP contribution in [-0.4, -0.2) is 53.5 Å². The number of ether oxygens (including phenoxy) is 2. The number of rotatable bonds is 4. The SMILES string of the molecule is C[C@H]1CC[C@H]2[C@H](COCCO)C(=O)O[C@H]2[C@]2(C)C(=O)C=C[C@@]12O. The standard InChI is InChI=1S/C17H24O6/c1-10-3-4-11-12(9-22-8-7-18)15(20)23-14(11)16(2)13(19)5-6-17(10,16)21/h5-6,10-12,14,18,21H,3-4,7-9H2,1-2H3/t10-,11-,12-,14+,16-,17+/m0/s1. The first-order valence-electron chi connectivity index (χ1n) is 8.21. The quantitative estimate of drug-likeness (QED) is 0.576. The topological polar surface area (TPSA) is 93.1 Å². The number of ketones is 1. The molecule has 3 rings (SSSR count). The average molecular weight is 324 g/mol. The Balaban J connectivity index is 1.93. The van der Waals surface area contributed by atoms with Crippen molar-refractivity contribution in [2.24, 2.45) is 23.2 Å². The molecule has 1 saturated carbocycles. The highest BCUT2D eigenvalue weighted by atomic mass is 16.6. The Bertz CT molecular complexity index is 543. The van der Waals surface area contributed by atoms with E-state index in [0.717, 1.165) is 0 Å². The molecule has 0 aromatic carbocycles. The second-order valence-corrected chi connectivity index (χ2v) is 7.13. The van der Waals surface area contributed by atoms with Crippen LogP contribution in [0.15, 0.2) is 12.2 Å². The highest BCUT2D eigenvalue weighted by molar-refractivity contribution is 6.00. The highest BCUT2D eigenvalue weighted by Gasteiger charge is 2.67. The number of aliphatic hydroxyl groups excluding tert-OH is 1. The predicted octanol–water partition coefficient (Wildman–Crippen LogP) is 0.459. The van der Waals surface area contributed by atoms with E-state index in [4.69, 9.17) is 14.6 Å². The summed E-state index contributed by atoms with van der Waals surface area (Å²) in [6.45, 7) is 3.87. The number of hydrogen-bond acceptors (Lipinski definition) is 6. The summed E-state index contributed by atoms with van der Waals surface area (Å²) in [5, 5.41) is 20.0. The Labute approximate surface area is 135 Å². The van der Waals surface area contributed by atoms with Crippen LogP contribution in [-0.2, 0) is 19.1 Å². The minimum Gasteiger partial charge on any atom is -0.461 e. The monoisotopic (exact) mass is 324 g/mol. The fraction of sp³-hybridized carbons (Fsp3) is 0.765. The molecule has 0 amide bonds. The molecule has 128 valence electrons. The van der Waals surface area contributed by atoms with Crippen molar-refractivity contribution in [3.8, 4) is 0 Å². The van der Waals surface area contributed by atoms with Crippen molar-refractivity contribution in [1.29, 1.82) is 0 Å². The van der Waals surface area contributed by atoms with Crippen molar-refractivity contribution < 1.29 is 29.3 Å². The van der Waals surface area contributed by atoms with E-state index in [9.17, 15) is 14.7 Å². The summed E-state index contributed by atoms with van der Waals surface area (Å²) in [5.41, 5.74) is -2.43. The second-order valence-electron chi connectivity index (χ2n) is 7.13. The molecule has 0 aromatic heterocycles. The van der Waals surface area contributed by atoms with E-state index >= 15 is 0 Å². The maximum absolute atomic E-state index is 12.5. The van der Waals surface area contributed by atoms with Gasteiger partial charge >= 0.3 is 5.97 Å². The molecule has 23 heavy (non-hydrogen) atoms. The number of hydrogen-bond donors (Lipinski definition) is 2. The molecule has 1 heterocycles. The number of fused-ring (bicyclic) bond motifs is 3. The van der Waals surface area contributed by atoms with Crippen LogP contribution in [0.2, 0.25) is 0 Å². The van der Waals surface area contributed by atoms with E-state index in [0.29, 0.717) is 12.8 Å². The van der Waals surface area contributed by atoms with Crippen LogP contribution in [0.4, 0.5) is 0 Å². The summed E-state index contributed by atoms with van der Waals surface area (Å²) in [4.78, 5) is 24.8. The molecule has 2 fully saturated rings. The van der Waals surface area contributed by atoms with Gasteiger partial charge in [-0.1, -0.05) is 6.92 Å². The normalized spacial score (nSPS) is 45.6. The first kappa shape index (κ1) is 16.6. The number of esters is 1. The molecule has 6 atom stereocenters. The van der Waals surface area contributed by atoms with E-state index in [1.807, 2.05) is 6.92 Å². The molecule has 2 N–H and O–H groups in total. The molecule has 0 radical (unpaired) electrons. The molecule has 0 bridgehead atoms. The molecule has 6 nitrogen and oxygen atoms in total. The van der Waals surface area contributed by atoms with E-state index in [1.54, 1.807) is 13.0 Å². The number of aliphatic hydroxyl groups is 2. The highest BCUT2D eigenvalue weighted by Crippen LogP contribution is 2.56. The number of carbonyl (C=O) groups excluding carboxylic acids is 2. The molecular weight excluding hydrogens is 300 g/mol. The van der Waals surface area contributed by atoms with Gasteiger partial charge in [0.25, 0.3) is 0 Å². The van der Waals surface area contributed by atoms with Crippen molar-refractivity contribution in [3.05, 3.63) is 12.2 Å². The lowest BCUT2D eigenvalue weighted by Crippen LogP contribution is -2.56. The van der Waals surface area contributed by atoms with Gasteiger partial charge in [0.1, 0.15) is 11.7 Å². The Kier molecular flexibility index (Phi) is 4.11. The lowest BCUT2D eigenvalue weighted by Gasteiger charge is -2.43. The van der Waals surface area contributed by atoms with Gasteiger partial charge in [-0.25, -0.2) is 0 Å². The van der Waals surface area contributed by atoms with E-state index in [-0.39, 0.29) is 43.4 Å². The van der Waals surface area contributed by atoms with E-state index < -0.39 is 23.0 Å². The van der Waals surface area contributed by atoms with E-state index in [1.165, 1.54) is 6.08 Å². The van der Waals surface area contributed by atoms with Gasteiger partial charge in [0.2, 0.25) is 0 Å². The Morgan fingerprint density at radius 1 is 1.39 bits per heavy atom.